The molecule has 0 aromatic heterocycles. The van der Waals surface area contributed by atoms with E-state index in [1.807, 2.05) is 32.1 Å². The van der Waals surface area contributed by atoms with Gasteiger partial charge >= 0.3 is 0 Å². The molecule has 0 N–H and O–H groups in total. The molecule has 0 aliphatic carbocycles. The zero-order chi connectivity index (χ0) is 9.66. The maximum Gasteiger partial charge on any atom is 0.142 e. The molecule has 2 heteroatoms. The van der Waals surface area contributed by atoms with Gasteiger partial charge in [0, 0.05) is 6.08 Å². The molecule has 0 heterocycles. The van der Waals surface area contributed by atoms with Crippen molar-refractivity contribution in [1.29, 1.82) is 5.26 Å². The van der Waals surface area contributed by atoms with Crippen molar-refractivity contribution in [2.24, 2.45) is 0 Å². The van der Waals surface area contributed by atoms with Crippen LogP contribution in [0, 0.1) is 11.3 Å². The standard InChI is InChI=1S/C5H7N.C5H8O/c2*1-2-3-4-5-6/h3-4H,2H2,1H3;3-5H,2H2,1H3/b2*4-3+. The van der Waals surface area contributed by atoms with Crippen LogP contribution in [0.25, 0.3) is 0 Å². The smallest absolute Gasteiger partial charge is 0.142 e. The van der Waals surface area contributed by atoms with Gasteiger partial charge in [-0.05, 0) is 18.9 Å². The van der Waals surface area contributed by atoms with Gasteiger partial charge in [-0.15, -0.1) is 0 Å². The Morgan fingerprint density at radius 2 is 1.83 bits per heavy atom. The molecule has 0 rings (SSSR count). The number of hydrogen-bond acceptors (Lipinski definition) is 2. The van der Waals surface area contributed by atoms with E-state index in [9.17, 15) is 4.79 Å². The normalized spacial score (nSPS) is 9.08. The molecular weight excluding hydrogens is 150 g/mol. The maximum absolute atomic E-state index is 9.48. The number of nitrogens with zero attached hydrogens (tertiary/aromatic N) is 1. The summed E-state index contributed by atoms with van der Waals surface area (Å²) in [6.45, 7) is 3.98. The molecular formula is C10H15NO. The molecule has 12 heavy (non-hydrogen) atoms. The van der Waals surface area contributed by atoms with E-state index >= 15 is 0 Å². The number of allylic oxidation sites excluding steroid dienone is 4. The van der Waals surface area contributed by atoms with Crippen LogP contribution in [0.3, 0.4) is 0 Å². The van der Waals surface area contributed by atoms with Gasteiger partial charge < -0.3 is 0 Å². The molecule has 66 valence electrons. The molecule has 0 saturated heterocycles. The summed E-state index contributed by atoms with van der Waals surface area (Å²) in [7, 11) is 0. The average Bonchev–Trinajstić information content (AvgIpc) is 2.12. The minimum atomic E-state index is 0.781. The fourth-order valence-electron chi connectivity index (χ4n) is 0.362. The molecule has 0 aliphatic heterocycles. The van der Waals surface area contributed by atoms with Crippen molar-refractivity contribution in [3.05, 3.63) is 24.3 Å². The third-order valence-electron chi connectivity index (χ3n) is 0.878. The lowest BCUT2D eigenvalue weighted by atomic mass is 10.4. The minimum absolute atomic E-state index is 0.781. The predicted molar refractivity (Wildman–Crippen MR) is 50.5 cm³/mol. The van der Waals surface area contributed by atoms with Gasteiger partial charge in [-0.2, -0.15) is 5.26 Å². The van der Waals surface area contributed by atoms with Gasteiger partial charge in [0.2, 0.25) is 0 Å². The van der Waals surface area contributed by atoms with Gasteiger partial charge in [-0.1, -0.05) is 26.0 Å². The lowest BCUT2D eigenvalue weighted by Crippen LogP contribution is -1.55. The van der Waals surface area contributed by atoms with Crippen LogP contribution < -0.4 is 0 Å². The van der Waals surface area contributed by atoms with Crippen LogP contribution in [0.15, 0.2) is 24.3 Å². The van der Waals surface area contributed by atoms with E-state index in [1.54, 1.807) is 0 Å². The van der Waals surface area contributed by atoms with Crippen LogP contribution in [0.1, 0.15) is 26.7 Å². The number of hydrogen-bond donors (Lipinski definition) is 0. The number of rotatable bonds is 3. The highest BCUT2D eigenvalue weighted by molar-refractivity contribution is 5.64. The van der Waals surface area contributed by atoms with Crippen molar-refractivity contribution in [3.63, 3.8) is 0 Å². The van der Waals surface area contributed by atoms with Gasteiger partial charge in [0.15, 0.2) is 0 Å². The first-order valence-electron chi connectivity index (χ1n) is 3.98. The molecule has 0 saturated carbocycles. The van der Waals surface area contributed by atoms with Gasteiger partial charge in [-0.25, -0.2) is 0 Å². The van der Waals surface area contributed by atoms with Crippen LogP contribution in [-0.4, -0.2) is 6.29 Å². The Bertz CT molecular complexity index is 175. The van der Waals surface area contributed by atoms with Crippen molar-refractivity contribution in [3.8, 4) is 6.07 Å². The van der Waals surface area contributed by atoms with E-state index in [0.29, 0.717) is 0 Å². The largest absolute Gasteiger partial charge is 0.299 e. The molecule has 0 unspecified atom stereocenters. The van der Waals surface area contributed by atoms with Crippen molar-refractivity contribution in [2.45, 2.75) is 26.7 Å². The van der Waals surface area contributed by atoms with E-state index < -0.39 is 0 Å². The molecule has 0 spiro atoms. The summed E-state index contributed by atoms with van der Waals surface area (Å²) in [5, 5.41) is 7.86. The van der Waals surface area contributed by atoms with Crippen LogP contribution in [0.4, 0.5) is 0 Å². The second kappa shape index (κ2) is 16.3. The number of carbonyl (C=O) groups excluding carboxylic acids is 1. The molecule has 0 aliphatic rings. The second-order valence-corrected chi connectivity index (χ2v) is 1.91. The lowest BCUT2D eigenvalue weighted by Gasteiger charge is -1.65. The van der Waals surface area contributed by atoms with Gasteiger partial charge in [0.05, 0.1) is 6.07 Å². The number of nitriles is 1. The fraction of sp³-hybridized carbons (Fsp3) is 0.400. The van der Waals surface area contributed by atoms with Crippen molar-refractivity contribution in [1.82, 2.24) is 0 Å². The van der Waals surface area contributed by atoms with Crippen molar-refractivity contribution >= 4 is 6.29 Å². The Morgan fingerprint density at radius 3 is 2.00 bits per heavy atom. The van der Waals surface area contributed by atoms with Crippen LogP contribution in [0.5, 0.6) is 0 Å². The molecule has 0 aromatic carbocycles. The summed E-state index contributed by atoms with van der Waals surface area (Å²) >= 11 is 0. The van der Waals surface area contributed by atoms with E-state index in [-0.39, 0.29) is 0 Å². The van der Waals surface area contributed by atoms with E-state index in [2.05, 4.69) is 0 Å². The first-order valence-corrected chi connectivity index (χ1v) is 3.98. The molecule has 0 fully saturated rings. The van der Waals surface area contributed by atoms with E-state index in [4.69, 9.17) is 5.26 Å². The zero-order valence-electron chi connectivity index (χ0n) is 7.66. The monoisotopic (exact) mass is 165 g/mol. The highest BCUT2D eigenvalue weighted by atomic mass is 16.1. The average molecular weight is 165 g/mol. The lowest BCUT2D eigenvalue weighted by molar-refractivity contribution is -0.104. The predicted octanol–water partition coefficient (Wildman–Crippen LogP) is 2.63. The summed E-state index contributed by atoms with van der Waals surface area (Å²) in [6, 6.07) is 1.89. The van der Waals surface area contributed by atoms with Crippen molar-refractivity contribution < 1.29 is 4.79 Å². The number of aldehydes is 1. The zero-order valence-corrected chi connectivity index (χ0v) is 7.66. The topological polar surface area (TPSA) is 40.9 Å². The Kier molecular flexibility index (Phi) is 18.0. The Morgan fingerprint density at radius 1 is 1.25 bits per heavy atom. The Balaban J connectivity index is 0. The third kappa shape index (κ3) is 23.4. The van der Waals surface area contributed by atoms with Gasteiger partial charge in [0.25, 0.3) is 0 Å². The van der Waals surface area contributed by atoms with Gasteiger partial charge in [-0.3, -0.25) is 4.79 Å². The SMILES string of the molecule is CC/C=C/C#N.CC/C=C/C=O. The highest BCUT2D eigenvalue weighted by Gasteiger charge is 1.58. The molecule has 0 bridgehead atoms. The second-order valence-electron chi connectivity index (χ2n) is 1.91. The molecule has 0 radical (unpaired) electrons. The van der Waals surface area contributed by atoms with Crippen LogP contribution in [-0.2, 0) is 4.79 Å². The van der Waals surface area contributed by atoms with Gasteiger partial charge in [0.1, 0.15) is 6.29 Å². The summed E-state index contributed by atoms with van der Waals surface area (Å²) < 4.78 is 0. The Hall–Kier alpha value is -1.36. The minimum Gasteiger partial charge on any atom is -0.299 e. The summed E-state index contributed by atoms with van der Waals surface area (Å²) in [4.78, 5) is 9.48. The third-order valence-corrected chi connectivity index (χ3v) is 0.878. The molecule has 2 nitrogen and oxygen atoms in total. The molecule has 0 atom stereocenters. The van der Waals surface area contributed by atoms with Crippen LogP contribution >= 0.6 is 0 Å². The molecule has 0 amide bonds. The van der Waals surface area contributed by atoms with Crippen molar-refractivity contribution in [2.75, 3.05) is 0 Å². The first-order chi connectivity index (χ1) is 5.83. The summed E-state index contributed by atoms with van der Waals surface area (Å²) in [5.74, 6) is 0. The van der Waals surface area contributed by atoms with Crippen LogP contribution in [0.2, 0.25) is 0 Å². The molecule has 0 aromatic rings. The number of carbonyl (C=O) groups is 1. The fourth-order valence-corrected chi connectivity index (χ4v) is 0.362. The summed E-state index contributed by atoms with van der Waals surface area (Å²) in [6.07, 6.45) is 9.29. The Labute approximate surface area is 74.2 Å². The van der Waals surface area contributed by atoms with E-state index in [1.165, 1.54) is 12.2 Å². The first kappa shape index (κ1) is 13.2. The maximum atomic E-state index is 9.48. The highest BCUT2D eigenvalue weighted by Crippen LogP contribution is 1.74. The summed E-state index contributed by atoms with van der Waals surface area (Å²) in [5.41, 5.74) is 0. The van der Waals surface area contributed by atoms with E-state index in [0.717, 1.165) is 19.1 Å². The quantitative estimate of drug-likeness (QED) is 0.366.